The van der Waals surface area contributed by atoms with Crippen molar-refractivity contribution >= 4 is 6.03 Å². The van der Waals surface area contributed by atoms with E-state index in [9.17, 15) is 4.79 Å². The Morgan fingerprint density at radius 1 is 1.19 bits per heavy atom. The summed E-state index contributed by atoms with van der Waals surface area (Å²) >= 11 is 0. The van der Waals surface area contributed by atoms with Crippen molar-refractivity contribution in [2.75, 3.05) is 13.1 Å². The number of fused-ring (bicyclic) bond motifs is 1. The van der Waals surface area contributed by atoms with E-state index in [0.717, 1.165) is 62.7 Å². The molecule has 0 aliphatic carbocycles. The summed E-state index contributed by atoms with van der Waals surface area (Å²) in [6.07, 6.45) is 10.5. The lowest BCUT2D eigenvalue weighted by atomic mass is 9.96. The molecule has 4 rings (SSSR count). The number of aromatic nitrogens is 5. The first-order valence-electron chi connectivity index (χ1n) is 10.2. The summed E-state index contributed by atoms with van der Waals surface area (Å²) in [7, 11) is 0. The molecule has 2 aromatic rings. The van der Waals surface area contributed by atoms with Crippen molar-refractivity contribution in [1.29, 1.82) is 0 Å². The number of likely N-dealkylation sites (tertiary alicyclic amines) is 1. The zero-order valence-electron chi connectivity index (χ0n) is 16.1. The number of amides is 2. The smallest absolute Gasteiger partial charge is 0.317 e. The van der Waals surface area contributed by atoms with Gasteiger partial charge in [0, 0.05) is 56.8 Å². The van der Waals surface area contributed by atoms with E-state index >= 15 is 0 Å². The van der Waals surface area contributed by atoms with Crippen LogP contribution in [0.3, 0.4) is 0 Å². The third-order valence-corrected chi connectivity index (χ3v) is 5.74. The highest BCUT2D eigenvalue weighted by Crippen LogP contribution is 2.28. The van der Waals surface area contributed by atoms with E-state index in [1.807, 2.05) is 28.9 Å². The van der Waals surface area contributed by atoms with Crippen LogP contribution in [0.4, 0.5) is 4.79 Å². The van der Waals surface area contributed by atoms with Crippen LogP contribution in [0.2, 0.25) is 0 Å². The fourth-order valence-electron chi connectivity index (χ4n) is 4.11. The van der Waals surface area contributed by atoms with Crippen molar-refractivity contribution < 1.29 is 4.79 Å². The first kappa shape index (κ1) is 18.0. The number of urea groups is 1. The Balaban J connectivity index is 1.30. The maximum atomic E-state index is 12.5. The molecule has 1 saturated heterocycles. The number of piperidine rings is 1. The molecule has 0 saturated carbocycles. The Labute approximate surface area is 159 Å². The summed E-state index contributed by atoms with van der Waals surface area (Å²) in [6.45, 7) is 6.00. The van der Waals surface area contributed by atoms with Crippen LogP contribution >= 0.6 is 0 Å². The summed E-state index contributed by atoms with van der Waals surface area (Å²) in [5, 5.41) is 16.2. The van der Waals surface area contributed by atoms with Crippen LogP contribution in [-0.2, 0) is 26.1 Å². The Kier molecular flexibility index (Phi) is 5.40. The van der Waals surface area contributed by atoms with E-state index in [0.29, 0.717) is 12.5 Å². The number of hydrogen-bond acceptors (Lipinski definition) is 4. The Bertz CT molecular complexity index is 773. The molecule has 8 nitrogen and oxygen atoms in total. The largest absolute Gasteiger partial charge is 0.334 e. The van der Waals surface area contributed by atoms with Gasteiger partial charge in [-0.05, 0) is 32.6 Å². The molecule has 2 aliphatic rings. The van der Waals surface area contributed by atoms with Crippen LogP contribution in [0.5, 0.6) is 0 Å². The molecule has 146 valence electrons. The average molecular weight is 371 g/mol. The van der Waals surface area contributed by atoms with Gasteiger partial charge in [-0.2, -0.15) is 5.10 Å². The zero-order chi connectivity index (χ0) is 18.6. The summed E-state index contributed by atoms with van der Waals surface area (Å²) in [5.41, 5.74) is 1.03. The summed E-state index contributed by atoms with van der Waals surface area (Å²) in [4.78, 5) is 14.4. The lowest BCUT2D eigenvalue weighted by molar-refractivity contribution is 0.179. The van der Waals surface area contributed by atoms with Crippen molar-refractivity contribution in [3.8, 4) is 0 Å². The van der Waals surface area contributed by atoms with Crippen LogP contribution in [0.25, 0.3) is 0 Å². The highest BCUT2D eigenvalue weighted by Gasteiger charge is 2.28. The van der Waals surface area contributed by atoms with Gasteiger partial charge in [-0.3, -0.25) is 4.68 Å². The van der Waals surface area contributed by atoms with Crippen LogP contribution in [0.1, 0.15) is 62.2 Å². The Morgan fingerprint density at radius 3 is 2.81 bits per heavy atom. The molecule has 0 atom stereocenters. The van der Waals surface area contributed by atoms with Gasteiger partial charge in [0.15, 0.2) is 0 Å². The molecular weight excluding hydrogens is 342 g/mol. The molecule has 0 bridgehead atoms. The minimum Gasteiger partial charge on any atom is -0.334 e. The van der Waals surface area contributed by atoms with Crippen molar-refractivity contribution in [3.63, 3.8) is 0 Å². The summed E-state index contributed by atoms with van der Waals surface area (Å²) < 4.78 is 4.22. The molecular formula is C19H29N7O. The minimum atomic E-state index is 0.0118. The van der Waals surface area contributed by atoms with Gasteiger partial charge < -0.3 is 14.8 Å². The maximum Gasteiger partial charge on any atom is 0.317 e. The number of aryl methyl sites for hydroxylation is 2. The number of nitrogens with one attached hydrogen (secondary N) is 1. The van der Waals surface area contributed by atoms with Crippen molar-refractivity contribution in [2.24, 2.45) is 0 Å². The minimum absolute atomic E-state index is 0.0118. The molecule has 0 radical (unpaired) electrons. The standard InChI is InChI=1S/C19H29N7O/c1-2-25-14-15(13-21-25)12-20-19(27)24-10-7-16(8-11-24)18-23-22-17-6-4-3-5-9-26(17)18/h13-14,16H,2-12H2,1H3,(H,20,27). The molecule has 2 aromatic heterocycles. The topological polar surface area (TPSA) is 80.9 Å². The van der Waals surface area contributed by atoms with Gasteiger partial charge in [0.25, 0.3) is 0 Å². The van der Waals surface area contributed by atoms with Gasteiger partial charge >= 0.3 is 6.03 Å². The quantitative estimate of drug-likeness (QED) is 0.894. The van der Waals surface area contributed by atoms with Gasteiger partial charge in [-0.15, -0.1) is 10.2 Å². The number of carbonyl (C=O) groups excluding carboxylic acids is 1. The summed E-state index contributed by atoms with van der Waals surface area (Å²) in [6, 6.07) is 0.0118. The van der Waals surface area contributed by atoms with Crippen molar-refractivity contribution in [2.45, 2.75) is 71.0 Å². The predicted molar refractivity (Wildman–Crippen MR) is 101 cm³/mol. The first-order valence-corrected chi connectivity index (χ1v) is 10.2. The molecule has 4 heterocycles. The van der Waals surface area contributed by atoms with Gasteiger partial charge in [0.05, 0.1) is 6.20 Å². The lowest BCUT2D eigenvalue weighted by Crippen LogP contribution is -2.44. The fraction of sp³-hybridized carbons (Fsp3) is 0.684. The molecule has 0 unspecified atom stereocenters. The van der Waals surface area contributed by atoms with Crippen molar-refractivity contribution in [1.82, 2.24) is 34.8 Å². The first-order chi connectivity index (χ1) is 13.2. The van der Waals surface area contributed by atoms with Gasteiger partial charge in [0.1, 0.15) is 11.6 Å². The molecule has 1 fully saturated rings. The second-order valence-electron chi connectivity index (χ2n) is 7.56. The van der Waals surface area contributed by atoms with Gasteiger partial charge in [-0.25, -0.2) is 4.79 Å². The average Bonchev–Trinajstić information content (AvgIpc) is 3.27. The van der Waals surface area contributed by atoms with E-state index in [4.69, 9.17) is 0 Å². The molecule has 8 heteroatoms. The lowest BCUT2D eigenvalue weighted by Gasteiger charge is -2.31. The predicted octanol–water partition coefficient (Wildman–Crippen LogP) is 2.31. The molecule has 2 amide bonds. The third-order valence-electron chi connectivity index (χ3n) is 5.74. The normalized spacial score (nSPS) is 18.2. The highest BCUT2D eigenvalue weighted by atomic mass is 16.2. The maximum absolute atomic E-state index is 12.5. The summed E-state index contributed by atoms with van der Waals surface area (Å²) in [5.74, 6) is 2.70. The molecule has 1 N–H and O–H groups in total. The van der Waals surface area contributed by atoms with E-state index in [1.54, 1.807) is 0 Å². The van der Waals surface area contributed by atoms with Gasteiger partial charge in [0.2, 0.25) is 0 Å². The fourth-order valence-corrected chi connectivity index (χ4v) is 4.11. The van der Waals surface area contributed by atoms with Crippen LogP contribution < -0.4 is 5.32 Å². The van der Waals surface area contributed by atoms with Gasteiger partial charge in [-0.1, -0.05) is 6.42 Å². The van der Waals surface area contributed by atoms with E-state index in [2.05, 4.69) is 25.2 Å². The highest BCUT2D eigenvalue weighted by molar-refractivity contribution is 5.74. The van der Waals surface area contributed by atoms with Crippen LogP contribution in [0.15, 0.2) is 12.4 Å². The Hall–Kier alpha value is -2.38. The molecule has 0 aromatic carbocycles. The number of hydrogen-bond donors (Lipinski definition) is 1. The van der Waals surface area contributed by atoms with E-state index < -0.39 is 0 Å². The molecule has 0 spiro atoms. The number of carbonyl (C=O) groups is 1. The zero-order valence-corrected chi connectivity index (χ0v) is 16.1. The van der Waals surface area contributed by atoms with Crippen LogP contribution in [-0.4, -0.2) is 48.6 Å². The molecule has 2 aliphatic heterocycles. The number of nitrogens with zero attached hydrogens (tertiary/aromatic N) is 6. The van der Waals surface area contributed by atoms with E-state index in [-0.39, 0.29) is 6.03 Å². The second-order valence-corrected chi connectivity index (χ2v) is 7.56. The van der Waals surface area contributed by atoms with E-state index in [1.165, 1.54) is 19.3 Å². The van der Waals surface area contributed by atoms with Crippen molar-refractivity contribution in [3.05, 3.63) is 29.6 Å². The number of rotatable bonds is 4. The second kappa shape index (κ2) is 8.10. The molecule has 27 heavy (non-hydrogen) atoms. The van der Waals surface area contributed by atoms with Crippen LogP contribution in [0, 0.1) is 0 Å². The SMILES string of the molecule is CCn1cc(CNC(=O)N2CCC(c3nnc4n3CCCCC4)CC2)cn1. The Morgan fingerprint density at radius 2 is 2.04 bits per heavy atom. The third kappa shape index (κ3) is 3.99. The monoisotopic (exact) mass is 371 g/mol.